The standard InChI is InChI=1S/C23H23N7O2S/c1-12-6-17(14(3)30-23-19(13(2)29-30)22(25)27-11-28-23)21(32-4)20(18(12)8-24)15-7-16(33(5)31)10-26-9-15/h6-7,9-11,14H,1-5H3,(H2,25,27,28). The van der Waals surface area contributed by atoms with E-state index in [1.165, 1.54) is 6.33 Å². The van der Waals surface area contributed by atoms with Gasteiger partial charge in [-0.05, 0) is 43.6 Å². The number of nitriles is 1. The maximum atomic E-state index is 12.1. The zero-order valence-corrected chi connectivity index (χ0v) is 19.8. The summed E-state index contributed by atoms with van der Waals surface area (Å²) < 4.78 is 19.7. The number of hydrogen-bond donors (Lipinski definition) is 1. The fourth-order valence-corrected chi connectivity index (χ4v) is 4.56. The van der Waals surface area contributed by atoms with Crippen LogP contribution in [0.15, 0.2) is 35.7 Å². The summed E-state index contributed by atoms with van der Waals surface area (Å²) in [6.07, 6.45) is 6.20. The number of anilines is 1. The van der Waals surface area contributed by atoms with Crippen LogP contribution in [-0.2, 0) is 11.2 Å². The third-order valence-electron chi connectivity index (χ3n) is 5.67. The summed E-state index contributed by atoms with van der Waals surface area (Å²) in [4.78, 5) is 13.3. The highest BCUT2D eigenvalue weighted by Gasteiger charge is 2.26. The number of nitrogens with zero attached hydrogens (tertiary/aromatic N) is 6. The van der Waals surface area contributed by atoms with Crippen LogP contribution in [-0.4, -0.2) is 42.7 Å². The SMILES string of the molecule is COc1c(C(C)n2nc(C)c3c(N)ncnc32)cc(C)c(C#N)c1-c1cncc([S+](C)[O-])c1. The predicted molar refractivity (Wildman–Crippen MR) is 126 cm³/mol. The first-order valence-electron chi connectivity index (χ1n) is 10.1. The Labute approximate surface area is 194 Å². The molecular formula is C23H23N7O2S. The second kappa shape index (κ2) is 8.69. The molecule has 0 saturated carbocycles. The number of pyridine rings is 1. The minimum atomic E-state index is -1.22. The van der Waals surface area contributed by atoms with Crippen LogP contribution in [0.5, 0.6) is 5.75 Å². The van der Waals surface area contributed by atoms with Crippen molar-refractivity contribution < 1.29 is 9.29 Å². The molecule has 4 aromatic rings. The second-order valence-corrected chi connectivity index (χ2v) is 9.08. The van der Waals surface area contributed by atoms with Crippen LogP contribution in [0.2, 0.25) is 0 Å². The fraction of sp³-hybridized carbons (Fsp3) is 0.261. The third-order valence-corrected chi connectivity index (χ3v) is 6.55. The van der Waals surface area contributed by atoms with Gasteiger partial charge < -0.3 is 15.0 Å². The summed E-state index contributed by atoms with van der Waals surface area (Å²) in [5.41, 5.74) is 10.7. The van der Waals surface area contributed by atoms with Gasteiger partial charge >= 0.3 is 0 Å². The van der Waals surface area contributed by atoms with E-state index in [0.29, 0.717) is 44.2 Å². The van der Waals surface area contributed by atoms with E-state index in [-0.39, 0.29) is 6.04 Å². The zero-order chi connectivity index (χ0) is 23.9. The van der Waals surface area contributed by atoms with E-state index in [1.807, 2.05) is 26.8 Å². The number of fused-ring (bicyclic) bond motifs is 1. The summed E-state index contributed by atoms with van der Waals surface area (Å²) in [7, 11) is 1.56. The van der Waals surface area contributed by atoms with Gasteiger partial charge in [0.2, 0.25) is 0 Å². The number of nitrogens with two attached hydrogens (primary N) is 1. The third kappa shape index (κ3) is 3.75. The van der Waals surface area contributed by atoms with Crippen LogP contribution < -0.4 is 10.5 Å². The lowest BCUT2D eigenvalue weighted by Gasteiger charge is -2.22. The molecule has 0 fully saturated rings. The molecule has 0 aliphatic carbocycles. The van der Waals surface area contributed by atoms with Gasteiger partial charge in [-0.25, -0.2) is 14.6 Å². The molecule has 2 N–H and O–H groups in total. The Bertz CT molecular complexity index is 1410. The Balaban J connectivity index is 1.99. The molecule has 9 nitrogen and oxygen atoms in total. The van der Waals surface area contributed by atoms with Gasteiger partial charge in [0, 0.05) is 29.0 Å². The van der Waals surface area contributed by atoms with Gasteiger partial charge in [0.1, 0.15) is 30.2 Å². The molecule has 10 heteroatoms. The molecule has 0 amide bonds. The van der Waals surface area contributed by atoms with Gasteiger partial charge in [0.05, 0.1) is 36.0 Å². The summed E-state index contributed by atoms with van der Waals surface area (Å²) in [5, 5.41) is 15.3. The average molecular weight is 462 g/mol. The number of rotatable bonds is 5. The van der Waals surface area contributed by atoms with Crippen LogP contribution in [0.4, 0.5) is 5.82 Å². The number of ether oxygens (including phenoxy) is 1. The summed E-state index contributed by atoms with van der Waals surface area (Å²) in [5.74, 6) is 0.892. The first kappa shape index (κ1) is 22.5. The number of nitrogen functional groups attached to an aromatic ring is 1. The van der Waals surface area contributed by atoms with Crippen LogP contribution >= 0.6 is 0 Å². The van der Waals surface area contributed by atoms with Crippen molar-refractivity contribution in [3.63, 3.8) is 0 Å². The van der Waals surface area contributed by atoms with E-state index in [2.05, 4.69) is 26.1 Å². The van der Waals surface area contributed by atoms with Crippen molar-refractivity contribution in [3.05, 3.63) is 53.2 Å². The van der Waals surface area contributed by atoms with E-state index < -0.39 is 11.2 Å². The molecule has 3 aromatic heterocycles. The van der Waals surface area contributed by atoms with E-state index >= 15 is 0 Å². The second-order valence-electron chi connectivity index (χ2n) is 7.70. The highest BCUT2D eigenvalue weighted by molar-refractivity contribution is 7.90. The smallest absolute Gasteiger partial charge is 0.171 e. The molecule has 0 aliphatic rings. The van der Waals surface area contributed by atoms with Gasteiger partial charge in [0.15, 0.2) is 10.5 Å². The van der Waals surface area contributed by atoms with E-state index in [9.17, 15) is 9.81 Å². The minimum Gasteiger partial charge on any atom is -0.612 e. The molecule has 1 aromatic carbocycles. The fourth-order valence-electron chi connectivity index (χ4n) is 4.06. The van der Waals surface area contributed by atoms with E-state index in [4.69, 9.17) is 10.5 Å². The Hall–Kier alpha value is -3.68. The maximum Gasteiger partial charge on any atom is 0.171 e. The maximum absolute atomic E-state index is 12.1. The molecule has 0 spiro atoms. The molecule has 168 valence electrons. The van der Waals surface area contributed by atoms with Gasteiger partial charge in [-0.1, -0.05) is 0 Å². The number of benzene rings is 1. The molecule has 2 atom stereocenters. The summed E-state index contributed by atoms with van der Waals surface area (Å²) in [6.45, 7) is 5.71. The van der Waals surface area contributed by atoms with Crippen LogP contribution in [0, 0.1) is 25.2 Å². The van der Waals surface area contributed by atoms with E-state index in [1.54, 1.807) is 36.5 Å². The molecular weight excluding hydrogens is 438 g/mol. The largest absolute Gasteiger partial charge is 0.612 e. The van der Waals surface area contributed by atoms with Crippen molar-refractivity contribution in [1.29, 1.82) is 5.26 Å². The van der Waals surface area contributed by atoms with Crippen molar-refractivity contribution in [2.75, 3.05) is 19.1 Å². The van der Waals surface area contributed by atoms with Crippen LogP contribution in [0.3, 0.4) is 0 Å². The van der Waals surface area contributed by atoms with Gasteiger partial charge in [-0.15, -0.1) is 0 Å². The van der Waals surface area contributed by atoms with Gasteiger partial charge in [0.25, 0.3) is 0 Å². The first-order chi connectivity index (χ1) is 15.8. The quantitative estimate of drug-likeness (QED) is 0.447. The molecule has 3 heterocycles. The molecule has 33 heavy (non-hydrogen) atoms. The molecule has 4 rings (SSSR count). The molecule has 0 bridgehead atoms. The lowest BCUT2D eigenvalue weighted by Crippen LogP contribution is -2.12. The Morgan fingerprint density at radius 2 is 2.00 bits per heavy atom. The Morgan fingerprint density at radius 1 is 1.24 bits per heavy atom. The number of aromatic nitrogens is 5. The predicted octanol–water partition coefficient (Wildman–Crippen LogP) is 3.31. The summed E-state index contributed by atoms with van der Waals surface area (Å²) in [6, 6.07) is 5.69. The molecule has 2 unspecified atom stereocenters. The minimum absolute atomic E-state index is 0.299. The lowest BCUT2D eigenvalue weighted by atomic mass is 9.91. The topological polar surface area (TPSA) is 139 Å². The number of hydrogen-bond acceptors (Lipinski definition) is 8. The Morgan fingerprint density at radius 3 is 2.67 bits per heavy atom. The van der Waals surface area contributed by atoms with Crippen molar-refractivity contribution >= 4 is 28.0 Å². The highest BCUT2D eigenvalue weighted by atomic mass is 32.2. The zero-order valence-electron chi connectivity index (χ0n) is 18.9. The van der Waals surface area contributed by atoms with Crippen LogP contribution in [0.1, 0.15) is 35.3 Å². The molecule has 0 saturated heterocycles. The number of aryl methyl sites for hydroxylation is 2. The molecule has 0 radical (unpaired) electrons. The van der Waals surface area contributed by atoms with Crippen molar-refractivity contribution in [1.82, 2.24) is 24.7 Å². The highest BCUT2D eigenvalue weighted by Crippen LogP contribution is 2.42. The summed E-state index contributed by atoms with van der Waals surface area (Å²) >= 11 is -1.22. The van der Waals surface area contributed by atoms with Gasteiger partial charge in [-0.2, -0.15) is 10.4 Å². The van der Waals surface area contributed by atoms with E-state index in [0.717, 1.165) is 16.8 Å². The van der Waals surface area contributed by atoms with Crippen LogP contribution in [0.25, 0.3) is 22.2 Å². The normalized spacial score (nSPS) is 13.0. The first-order valence-corrected chi connectivity index (χ1v) is 11.7. The van der Waals surface area contributed by atoms with Crippen molar-refractivity contribution in [2.24, 2.45) is 0 Å². The van der Waals surface area contributed by atoms with Gasteiger partial charge in [-0.3, -0.25) is 4.98 Å². The number of methoxy groups -OCH3 is 1. The molecule has 0 aliphatic heterocycles. The van der Waals surface area contributed by atoms with Crippen molar-refractivity contribution in [3.8, 4) is 22.9 Å². The average Bonchev–Trinajstić information content (AvgIpc) is 3.15. The lowest BCUT2D eigenvalue weighted by molar-refractivity contribution is 0.402. The monoisotopic (exact) mass is 461 g/mol. The Kier molecular flexibility index (Phi) is 5.93. The van der Waals surface area contributed by atoms with Crippen molar-refractivity contribution in [2.45, 2.75) is 31.7 Å².